The predicted molar refractivity (Wildman–Crippen MR) is 131 cm³/mol. The number of thiophene rings is 1. The van der Waals surface area contributed by atoms with E-state index in [0.29, 0.717) is 12.7 Å². The summed E-state index contributed by atoms with van der Waals surface area (Å²) in [7, 11) is 0. The van der Waals surface area contributed by atoms with Gasteiger partial charge in [0.25, 0.3) is 0 Å². The smallest absolute Gasteiger partial charge is 0.199 e. The average molecular weight is 462 g/mol. The lowest BCUT2D eigenvalue weighted by Crippen LogP contribution is -2.27. The van der Waals surface area contributed by atoms with Crippen molar-refractivity contribution in [1.29, 1.82) is 0 Å². The number of pyridine rings is 1. The number of rotatable bonds is 8. The zero-order valence-electron chi connectivity index (χ0n) is 18.0. The molecule has 1 aromatic carbocycles. The van der Waals surface area contributed by atoms with Crippen molar-refractivity contribution in [3.8, 4) is 0 Å². The highest BCUT2D eigenvalue weighted by Crippen LogP contribution is 2.31. The molecule has 0 bridgehead atoms. The first-order chi connectivity index (χ1) is 15.8. The fraction of sp³-hybridized carbons (Fsp3) is 0.320. The standard InChI is InChI=1S/C25H27N5S2/c31-25-29(15-12-20-7-2-1-3-8-20)24(17-22-10-6-16-32-22)27-30(25)19-28-14-5-11-23(28)21-9-4-13-26-18-21/h1-4,6-10,13,16,18,23H,5,11-12,14-15,17,19H2. The van der Waals surface area contributed by atoms with E-state index < -0.39 is 0 Å². The number of hydrogen-bond donors (Lipinski definition) is 0. The van der Waals surface area contributed by atoms with Gasteiger partial charge in [-0.3, -0.25) is 9.88 Å². The van der Waals surface area contributed by atoms with E-state index in [0.717, 1.165) is 42.9 Å². The lowest BCUT2D eigenvalue weighted by molar-refractivity contribution is 0.189. The number of likely N-dealkylation sites (tertiary alicyclic amines) is 1. The van der Waals surface area contributed by atoms with Crippen molar-refractivity contribution in [2.24, 2.45) is 0 Å². The molecule has 0 spiro atoms. The minimum atomic E-state index is 0.376. The van der Waals surface area contributed by atoms with Gasteiger partial charge in [-0.1, -0.05) is 42.5 Å². The van der Waals surface area contributed by atoms with Crippen molar-refractivity contribution in [3.05, 3.63) is 99.0 Å². The second-order valence-electron chi connectivity index (χ2n) is 8.24. The van der Waals surface area contributed by atoms with Gasteiger partial charge in [-0.2, -0.15) is 5.10 Å². The van der Waals surface area contributed by atoms with Crippen LogP contribution < -0.4 is 0 Å². The Morgan fingerprint density at radius 3 is 2.75 bits per heavy atom. The molecule has 0 aliphatic carbocycles. The second-order valence-corrected chi connectivity index (χ2v) is 9.64. The van der Waals surface area contributed by atoms with Gasteiger partial charge in [-0.15, -0.1) is 11.3 Å². The first-order valence-electron chi connectivity index (χ1n) is 11.1. The van der Waals surface area contributed by atoms with Gasteiger partial charge in [-0.25, -0.2) is 4.68 Å². The monoisotopic (exact) mass is 461 g/mol. The van der Waals surface area contributed by atoms with Crippen LogP contribution in [-0.2, 0) is 26.1 Å². The second kappa shape index (κ2) is 9.90. The van der Waals surface area contributed by atoms with Gasteiger partial charge in [0.05, 0.1) is 6.67 Å². The Bertz CT molecular complexity index is 1180. The Morgan fingerprint density at radius 1 is 1.06 bits per heavy atom. The molecule has 164 valence electrons. The summed E-state index contributed by atoms with van der Waals surface area (Å²) >= 11 is 7.71. The Hall–Kier alpha value is -2.61. The van der Waals surface area contributed by atoms with E-state index in [1.165, 1.54) is 22.4 Å². The molecular weight excluding hydrogens is 434 g/mol. The average Bonchev–Trinajstić information content (AvgIpc) is 3.57. The maximum atomic E-state index is 5.94. The maximum absolute atomic E-state index is 5.94. The van der Waals surface area contributed by atoms with Crippen molar-refractivity contribution < 1.29 is 0 Å². The van der Waals surface area contributed by atoms with Crippen LogP contribution in [0.1, 0.15) is 40.7 Å². The van der Waals surface area contributed by atoms with Crippen LogP contribution in [0.25, 0.3) is 0 Å². The summed E-state index contributed by atoms with van der Waals surface area (Å²) in [6.07, 6.45) is 7.92. The Balaban J connectivity index is 1.40. The molecule has 1 aliphatic rings. The molecule has 5 rings (SSSR count). The fourth-order valence-electron chi connectivity index (χ4n) is 4.51. The molecule has 0 saturated carbocycles. The fourth-order valence-corrected chi connectivity index (χ4v) is 5.50. The highest BCUT2D eigenvalue weighted by atomic mass is 32.1. The van der Waals surface area contributed by atoms with Crippen LogP contribution in [0.3, 0.4) is 0 Å². The Kier molecular flexibility index (Phi) is 6.57. The lowest BCUT2D eigenvalue weighted by atomic mass is 10.1. The molecule has 1 aliphatic heterocycles. The van der Waals surface area contributed by atoms with Crippen LogP contribution in [0, 0.1) is 4.77 Å². The molecule has 0 amide bonds. The Labute approximate surface area is 198 Å². The molecule has 1 atom stereocenters. The maximum Gasteiger partial charge on any atom is 0.199 e. The van der Waals surface area contributed by atoms with Crippen LogP contribution in [0.5, 0.6) is 0 Å². The number of aryl methyl sites for hydroxylation is 1. The van der Waals surface area contributed by atoms with Crippen LogP contribution in [0.2, 0.25) is 0 Å². The van der Waals surface area contributed by atoms with Crippen LogP contribution >= 0.6 is 23.6 Å². The zero-order chi connectivity index (χ0) is 21.8. The van der Waals surface area contributed by atoms with Gasteiger partial charge in [0.15, 0.2) is 4.77 Å². The van der Waals surface area contributed by atoms with E-state index in [2.05, 4.69) is 68.4 Å². The molecule has 5 nitrogen and oxygen atoms in total. The molecule has 7 heteroatoms. The van der Waals surface area contributed by atoms with Gasteiger partial charge < -0.3 is 4.57 Å². The normalized spacial score (nSPS) is 16.6. The summed E-state index contributed by atoms with van der Waals surface area (Å²) in [5, 5.41) is 7.14. The first-order valence-corrected chi connectivity index (χ1v) is 12.4. The third-order valence-electron chi connectivity index (χ3n) is 6.13. The van der Waals surface area contributed by atoms with Crippen molar-refractivity contribution in [2.45, 2.75) is 44.9 Å². The van der Waals surface area contributed by atoms with Gasteiger partial charge in [-0.05, 0) is 60.1 Å². The quantitative estimate of drug-likeness (QED) is 0.325. The summed E-state index contributed by atoms with van der Waals surface area (Å²) in [6.45, 7) is 2.61. The van der Waals surface area contributed by atoms with Crippen molar-refractivity contribution >= 4 is 23.6 Å². The van der Waals surface area contributed by atoms with Gasteiger partial charge in [0.1, 0.15) is 5.82 Å². The molecule has 0 N–H and O–H groups in total. The molecule has 4 heterocycles. The summed E-state index contributed by atoms with van der Waals surface area (Å²) in [5.41, 5.74) is 2.60. The molecular formula is C25H27N5S2. The molecule has 1 fully saturated rings. The van der Waals surface area contributed by atoms with Gasteiger partial charge in [0, 0.05) is 42.8 Å². The Morgan fingerprint density at radius 2 is 1.97 bits per heavy atom. The van der Waals surface area contributed by atoms with Crippen LogP contribution in [-0.4, -0.2) is 30.8 Å². The van der Waals surface area contributed by atoms with E-state index in [-0.39, 0.29) is 0 Å². The first kappa shape index (κ1) is 21.2. The topological polar surface area (TPSA) is 38.9 Å². The van der Waals surface area contributed by atoms with Gasteiger partial charge >= 0.3 is 0 Å². The summed E-state index contributed by atoms with van der Waals surface area (Å²) in [5.74, 6) is 1.05. The number of hydrogen-bond acceptors (Lipinski definition) is 5. The molecule has 1 saturated heterocycles. The minimum Gasteiger partial charge on any atom is -0.303 e. The predicted octanol–water partition coefficient (Wildman–Crippen LogP) is 5.50. The number of nitrogens with zero attached hydrogens (tertiary/aromatic N) is 5. The third-order valence-corrected chi connectivity index (χ3v) is 7.43. The molecule has 1 unspecified atom stereocenters. The highest BCUT2D eigenvalue weighted by Gasteiger charge is 2.27. The molecule has 32 heavy (non-hydrogen) atoms. The van der Waals surface area contributed by atoms with E-state index in [9.17, 15) is 0 Å². The van der Waals surface area contributed by atoms with E-state index in [1.54, 1.807) is 11.3 Å². The molecule has 4 aromatic rings. The van der Waals surface area contributed by atoms with Crippen LogP contribution in [0.4, 0.5) is 0 Å². The molecule has 0 radical (unpaired) electrons. The number of benzene rings is 1. The van der Waals surface area contributed by atoms with Gasteiger partial charge in [0.2, 0.25) is 0 Å². The summed E-state index contributed by atoms with van der Waals surface area (Å²) in [6, 6.07) is 19.4. The summed E-state index contributed by atoms with van der Waals surface area (Å²) in [4.78, 5) is 8.12. The SMILES string of the molecule is S=c1n(CN2CCCC2c2cccnc2)nc(Cc2cccs2)n1CCc1ccccc1. The summed E-state index contributed by atoms with van der Waals surface area (Å²) < 4.78 is 5.07. The largest absolute Gasteiger partial charge is 0.303 e. The lowest BCUT2D eigenvalue weighted by Gasteiger charge is -2.24. The van der Waals surface area contributed by atoms with Crippen LogP contribution in [0.15, 0.2) is 72.4 Å². The van der Waals surface area contributed by atoms with Crippen molar-refractivity contribution in [2.75, 3.05) is 6.54 Å². The van der Waals surface area contributed by atoms with E-state index >= 15 is 0 Å². The van der Waals surface area contributed by atoms with E-state index in [1.807, 2.05) is 23.1 Å². The van der Waals surface area contributed by atoms with Crippen molar-refractivity contribution in [3.63, 3.8) is 0 Å². The third kappa shape index (κ3) is 4.75. The number of aromatic nitrogens is 4. The molecule has 3 aromatic heterocycles. The minimum absolute atomic E-state index is 0.376. The zero-order valence-corrected chi connectivity index (χ0v) is 19.6. The van der Waals surface area contributed by atoms with E-state index in [4.69, 9.17) is 17.3 Å². The van der Waals surface area contributed by atoms with Crippen molar-refractivity contribution in [1.82, 2.24) is 24.2 Å². The highest BCUT2D eigenvalue weighted by molar-refractivity contribution is 7.71.